The molecule has 0 radical (unpaired) electrons. The highest BCUT2D eigenvalue weighted by Crippen LogP contribution is 2.22. The molecule has 1 fully saturated rings. The maximum atomic E-state index is 13.1. The van der Waals surface area contributed by atoms with Gasteiger partial charge in [-0.25, -0.2) is 18.4 Å². The topological polar surface area (TPSA) is 199 Å². The minimum atomic E-state index is -1.83. The first-order valence-corrected chi connectivity index (χ1v) is 6.62. The number of imide groups is 1. The molecular formula is C13H15F2N3O8. The second-order valence-corrected chi connectivity index (χ2v) is 4.57. The number of nitrogens with two attached hydrogens (primary N) is 1. The number of hydrogen-bond donors (Lipinski definition) is 7. The van der Waals surface area contributed by atoms with Crippen molar-refractivity contribution in [2.45, 2.75) is 18.9 Å². The minimum absolute atomic E-state index is 0.195. The van der Waals surface area contributed by atoms with Gasteiger partial charge in [-0.15, -0.1) is 0 Å². The number of benzene rings is 1. The minimum Gasteiger partial charge on any atom is -0.450 e. The van der Waals surface area contributed by atoms with E-state index >= 15 is 0 Å². The third-order valence-corrected chi connectivity index (χ3v) is 2.64. The van der Waals surface area contributed by atoms with Gasteiger partial charge in [0, 0.05) is 18.2 Å². The van der Waals surface area contributed by atoms with Gasteiger partial charge in [-0.2, -0.15) is 0 Å². The van der Waals surface area contributed by atoms with Crippen LogP contribution in [0, 0.1) is 11.6 Å². The van der Waals surface area contributed by atoms with E-state index in [1.165, 1.54) is 6.07 Å². The fraction of sp³-hybridized carbons (Fsp3) is 0.231. The standard InChI is InChI=1S/C11H11F2N3O2.2CH2O3/c12-6-3-5(4-7(14)10(6)13)15-8-1-2-9(17)16-11(8)18;2*2-1(3)4/h3-4,8,15H,1-2,14H2,(H,16,17,18);2*(H2,2,3,4). The molecule has 1 saturated heterocycles. The van der Waals surface area contributed by atoms with Crippen LogP contribution in [0.4, 0.5) is 29.7 Å². The molecule has 26 heavy (non-hydrogen) atoms. The Labute approximate surface area is 144 Å². The number of piperidine rings is 1. The summed E-state index contributed by atoms with van der Waals surface area (Å²) in [5, 5.41) is 32.7. The quantitative estimate of drug-likeness (QED) is 0.289. The zero-order chi connectivity index (χ0) is 20.4. The largest absolute Gasteiger partial charge is 0.503 e. The molecule has 13 heteroatoms. The molecule has 1 aliphatic rings. The summed E-state index contributed by atoms with van der Waals surface area (Å²) in [6.45, 7) is 0. The summed E-state index contributed by atoms with van der Waals surface area (Å²) in [6.07, 6.45) is -3.17. The highest BCUT2D eigenvalue weighted by atomic mass is 19.2. The Hall–Kier alpha value is -3.64. The smallest absolute Gasteiger partial charge is 0.450 e. The molecule has 8 N–H and O–H groups in total. The summed E-state index contributed by atoms with van der Waals surface area (Å²) in [5.74, 6) is -3.05. The lowest BCUT2D eigenvalue weighted by molar-refractivity contribution is -0.133. The van der Waals surface area contributed by atoms with Crippen molar-refractivity contribution in [2.24, 2.45) is 0 Å². The van der Waals surface area contributed by atoms with Gasteiger partial charge in [0.25, 0.3) is 0 Å². The van der Waals surface area contributed by atoms with E-state index in [2.05, 4.69) is 10.6 Å². The van der Waals surface area contributed by atoms with Crippen LogP contribution in [0.15, 0.2) is 12.1 Å². The number of nitrogens with one attached hydrogen (secondary N) is 2. The molecule has 1 aromatic carbocycles. The summed E-state index contributed by atoms with van der Waals surface area (Å²) >= 11 is 0. The van der Waals surface area contributed by atoms with Crippen LogP contribution in [0.2, 0.25) is 0 Å². The second kappa shape index (κ2) is 10.3. The van der Waals surface area contributed by atoms with Gasteiger partial charge >= 0.3 is 12.3 Å². The second-order valence-electron chi connectivity index (χ2n) is 4.57. The lowest BCUT2D eigenvalue weighted by Crippen LogP contribution is -2.47. The summed E-state index contributed by atoms with van der Waals surface area (Å²) < 4.78 is 26.1. The first-order valence-electron chi connectivity index (χ1n) is 6.62. The summed E-state index contributed by atoms with van der Waals surface area (Å²) in [6, 6.07) is 1.45. The Bertz CT molecular complexity index is 655. The van der Waals surface area contributed by atoms with Crippen molar-refractivity contribution in [3.8, 4) is 0 Å². The number of nitrogen functional groups attached to an aromatic ring is 1. The molecule has 1 unspecified atom stereocenters. The van der Waals surface area contributed by atoms with Crippen LogP contribution in [0.25, 0.3) is 0 Å². The normalized spacial score (nSPS) is 15.4. The number of halogens is 2. The lowest BCUT2D eigenvalue weighted by Gasteiger charge is -2.23. The molecule has 0 bridgehead atoms. The Morgan fingerprint density at radius 3 is 2.04 bits per heavy atom. The molecule has 1 heterocycles. The van der Waals surface area contributed by atoms with Crippen LogP contribution in [0.5, 0.6) is 0 Å². The monoisotopic (exact) mass is 379 g/mol. The molecule has 1 aromatic rings. The Balaban J connectivity index is 0.000000662. The van der Waals surface area contributed by atoms with Gasteiger partial charge in [0.05, 0.1) is 5.69 Å². The fourth-order valence-corrected chi connectivity index (χ4v) is 1.73. The van der Waals surface area contributed by atoms with Crippen molar-refractivity contribution in [3.63, 3.8) is 0 Å². The van der Waals surface area contributed by atoms with E-state index in [4.69, 9.17) is 35.7 Å². The number of hydrogen-bond acceptors (Lipinski definition) is 6. The van der Waals surface area contributed by atoms with E-state index in [1.807, 2.05) is 0 Å². The van der Waals surface area contributed by atoms with E-state index in [1.54, 1.807) is 0 Å². The number of rotatable bonds is 2. The third-order valence-electron chi connectivity index (χ3n) is 2.64. The summed E-state index contributed by atoms with van der Waals surface area (Å²) in [5.41, 5.74) is 5.13. The predicted molar refractivity (Wildman–Crippen MR) is 81.9 cm³/mol. The first kappa shape index (κ1) is 22.4. The van der Waals surface area contributed by atoms with Crippen molar-refractivity contribution in [2.75, 3.05) is 11.1 Å². The lowest BCUT2D eigenvalue weighted by atomic mass is 10.1. The molecule has 1 aliphatic heterocycles. The van der Waals surface area contributed by atoms with Crippen LogP contribution in [0.3, 0.4) is 0 Å². The summed E-state index contributed by atoms with van der Waals surface area (Å²) in [4.78, 5) is 39.5. The van der Waals surface area contributed by atoms with Crippen molar-refractivity contribution in [1.29, 1.82) is 0 Å². The van der Waals surface area contributed by atoms with Gasteiger partial charge in [-0.3, -0.25) is 14.9 Å². The SMILES string of the molecule is Nc1cc(NC2CCC(=O)NC2=O)cc(F)c1F.O=C(O)O.O=C(O)O. The van der Waals surface area contributed by atoms with Crippen LogP contribution >= 0.6 is 0 Å². The molecule has 0 saturated carbocycles. The molecule has 0 aromatic heterocycles. The zero-order valence-electron chi connectivity index (χ0n) is 12.9. The molecule has 144 valence electrons. The van der Waals surface area contributed by atoms with Crippen molar-refractivity contribution < 1.29 is 48.4 Å². The number of amides is 2. The molecule has 1 atom stereocenters. The van der Waals surface area contributed by atoms with E-state index in [0.717, 1.165) is 6.07 Å². The van der Waals surface area contributed by atoms with Crippen LogP contribution < -0.4 is 16.4 Å². The van der Waals surface area contributed by atoms with Crippen LogP contribution in [-0.2, 0) is 9.59 Å². The van der Waals surface area contributed by atoms with Crippen LogP contribution in [-0.4, -0.2) is 50.6 Å². The predicted octanol–water partition coefficient (Wildman–Crippen LogP) is 1.21. The molecule has 2 amide bonds. The maximum absolute atomic E-state index is 13.1. The Morgan fingerprint density at radius 1 is 1.12 bits per heavy atom. The highest BCUT2D eigenvalue weighted by molar-refractivity contribution is 6.01. The van der Waals surface area contributed by atoms with E-state index in [0.29, 0.717) is 6.42 Å². The molecule has 2 rings (SSSR count). The van der Waals surface area contributed by atoms with Gasteiger partial charge in [0.2, 0.25) is 11.8 Å². The zero-order valence-corrected chi connectivity index (χ0v) is 12.9. The van der Waals surface area contributed by atoms with E-state index in [9.17, 15) is 18.4 Å². The number of anilines is 2. The van der Waals surface area contributed by atoms with Gasteiger partial charge in [0.15, 0.2) is 11.6 Å². The van der Waals surface area contributed by atoms with Gasteiger partial charge in [-0.1, -0.05) is 0 Å². The molecule has 0 spiro atoms. The van der Waals surface area contributed by atoms with Gasteiger partial charge < -0.3 is 31.5 Å². The Morgan fingerprint density at radius 2 is 1.62 bits per heavy atom. The van der Waals surface area contributed by atoms with Gasteiger partial charge in [-0.05, 0) is 12.5 Å². The first-order chi connectivity index (χ1) is 11.9. The van der Waals surface area contributed by atoms with E-state index < -0.39 is 35.9 Å². The highest BCUT2D eigenvalue weighted by Gasteiger charge is 2.26. The maximum Gasteiger partial charge on any atom is 0.503 e. The Kier molecular flexibility index (Phi) is 8.83. The number of carbonyl (C=O) groups excluding carboxylic acids is 2. The van der Waals surface area contributed by atoms with E-state index in [-0.39, 0.29) is 23.7 Å². The molecule has 11 nitrogen and oxygen atoms in total. The van der Waals surface area contributed by atoms with Gasteiger partial charge in [0.1, 0.15) is 6.04 Å². The summed E-state index contributed by atoms with van der Waals surface area (Å²) in [7, 11) is 0. The molecule has 0 aliphatic carbocycles. The molecular weight excluding hydrogens is 364 g/mol. The van der Waals surface area contributed by atoms with Crippen molar-refractivity contribution in [3.05, 3.63) is 23.8 Å². The van der Waals surface area contributed by atoms with Crippen molar-refractivity contribution >= 4 is 35.5 Å². The fourth-order valence-electron chi connectivity index (χ4n) is 1.73. The average Bonchev–Trinajstić information content (AvgIpc) is 2.46. The van der Waals surface area contributed by atoms with Crippen molar-refractivity contribution in [1.82, 2.24) is 5.32 Å². The third kappa shape index (κ3) is 8.85. The van der Waals surface area contributed by atoms with Crippen LogP contribution in [0.1, 0.15) is 12.8 Å². The average molecular weight is 379 g/mol. The number of carboxylic acid groups (broad SMARTS) is 4. The number of carbonyl (C=O) groups is 4.